The van der Waals surface area contributed by atoms with Gasteiger partial charge in [-0.15, -0.1) is 0 Å². The normalized spacial score (nSPS) is 10.8. The zero-order chi connectivity index (χ0) is 14.5. The molecule has 0 saturated carbocycles. The topological polar surface area (TPSA) is 59.5 Å². The summed E-state index contributed by atoms with van der Waals surface area (Å²) >= 11 is 0. The van der Waals surface area contributed by atoms with Gasteiger partial charge in [0, 0.05) is 18.8 Å². The molecule has 1 aromatic heterocycles. The SMILES string of the molecule is CC(C)c1ccc(N(CCN)C(=O)c2ccco2)cc1. The molecule has 0 spiro atoms. The van der Waals surface area contributed by atoms with E-state index in [9.17, 15) is 4.79 Å². The summed E-state index contributed by atoms with van der Waals surface area (Å²) in [4.78, 5) is 14.0. The third kappa shape index (κ3) is 3.08. The summed E-state index contributed by atoms with van der Waals surface area (Å²) in [5, 5.41) is 0. The Morgan fingerprint density at radius 2 is 1.95 bits per heavy atom. The van der Waals surface area contributed by atoms with Crippen LogP contribution in [0.1, 0.15) is 35.9 Å². The van der Waals surface area contributed by atoms with Crippen LogP contribution in [-0.2, 0) is 0 Å². The lowest BCUT2D eigenvalue weighted by molar-refractivity contribution is 0.0961. The third-order valence-corrected chi connectivity index (χ3v) is 3.20. The van der Waals surface area contributed by atoms with Crippen LogP contribution < -0.4 is 10.6 Å². The maximum absolute atomic E-state index is 12.4. The van der Waals surface area contributed by atoms with Crippen molar-refractivity contribution in [2.45, 2.75) is 19.8 Å². The summed E-state index contributed by atoms with van der Waals surface area (Å²) in [7, 11) is 0. The van der Waals surface area contributed by atoms with Crippen LogP contribution in [0.15, 0.2) is 47.1 Å². The number of benzene rings is 1. The van der Waals surface area contributed by atoms with E-state index in [-0.39, 0.29) is 5.91 Å². The number of rotatable bonds is 5. The van der Waals surface area contributed by atoms with Crippen LogP contribution >= 0.6 is 0 Å². The Balaban J connectivity index is 2.26. The van der Waals surface area contributed by atoms with Gasteiger partial charge in [0.15, 0.2) is 5.76 Å². The summed E-state index contributed by atoms with van der Waals surface area (Å²) in [6, 6.07) is 11.3. The number of furan rings is 1. The van der Waals surface area contributed by atoms with E-state index in [1.165, 1.54) is 11.8 Å². The molecular weight excluding hydrogens is 252 g/mol. The van der Waals surface area contributed by atoms with E-state index in [1.807, 2.05) is 24.3 Å². The fourth-order valence-corrected chi connectivity index (χ4v) is 2.05. The van der Waals surface area contributed by atoms with Crippen LogP contribution in [0.2, 0.25) is 0 Å². The number of hydrogen-bond donors (Lipinski definition) is 1. The summed E-state index contributed by atoms with van der Waals surface area (Å²) in [5.74, 6) is 0.622. The lowest BCUT2D eigenvalue weighted by atomic mass is 10.0. The number of carbonyl (C=O) groups is 1. The van der Waals surface area contributed by atoms with Crippen molar-refractivity contribution in [1.29, 1.82) is 0 Å². The van der Waals surface area contributed by atoms with Gasteiger partial charge in [-0.05, 0) is 35.7 Å². The third-order valence-electron chi connectivity index (χ3n) is 3.20. The quantitative estimate of drug-likeness (QED) is 0.910. The molecule has 0 saturated heterocycles. The van der Waals surface area contributed by atoms with Crippen molar-refractivity contribution < 1.29 is 9.21 Å². The lowest BCUT2D eigenvalue weighted by Crippen LogP contribution is -2.35. The minimum atomic E-state index is -0.169. The molecule has 0 aliphatic heterocycles. The Hall–Kier alpha value is -2.07. The minimum absolute atomic E-state index is 0.169. The average molecular weight is 272 g/mol. The molecule has 2 N–H and O–H groups in total. The first kappa shape index (κ1) is 14.3. The molecule has 20 heavy (non-hydrogen) atoms. The highest BCUT2D eigenvalue weighted by atomic mass is 16.3. The largest absolute Gasteiger partial charge is 0.459 e. The van der Waals surface area contributed by atoms with Crippen LogP contribution in [0.3, 0.4) is 0 Å². The molecule has 0 aliphatic carbocycles. The second-order valence-corrected chi connectivity index (χ2v) is 4.97. The van der Waals surface area contributed by atoms with Crippen molar-refractivity contribution in [3.8, 4) is 0 Å². The molecule has 0 aliphatic rings. The summed E-state index contributed by atoms with van der Waals surface area (Å²) < 4.78 is 5.17. The molecular formula is C16H20N2O2. The second-order valence-electron chi connectivity index (χ2n) is 4.97. The first-order valence-corrected chi connectivity index (χ1v) is 6.79. The van der Waals surface area contributed by atoms with Crippen molar-refractivity contribution in [2.75, 3.05) is 18.0 Å². The Kier molecular flexibility index (Phi) is 4.58. The van der Waals surface area contributed by atoms with Crippen LogP contribution in [0, 0.1) is 0 Å². The van der Waals surface area contributed by atoms with Crippen molar-refractivity contribution in [3.05, 3.63) is 54.0 Å². The van der Waals surface area contributed by atoms with E-state index in [0.29, 0.717) is 24.8 Å². The molecule has 0 fully saturated rings. The number of nitrogens with two attached hydrogens (primary N) is 1. The van der Waals surface area contributed by atoms with Gasteiger partial charge < -0.3 is 15.1 Å². The highest BCUT2D eigenvalue weighted by molar-refractivity contribution is 6.04. The van der Waals surface area contributed by atoms with Gasteiger partial charge in [0.05, 0.1) is 6.26 Å². The van der Waals surface area contributed by atoms with Gasteiger partial charge in [-0.2, -0.15) is 0 Å². The lowest BCUT2D eigenvalue weighted by Gasteiger charge is -2.21. The van der Waals surface area contributed by atoms with E-state index in [0.717, 1.165) is 5.69 Å². The van der Waals surface area contributed by atoms with Crippen molar-refractivity contribution >= 4 is 11.6 Å². The van der Waals surface area contributed by atoms with E-state index in [2.05, 4.69) is 13.8 Å². The Bertz CT molecular complexity index is 544. The standard InChI is InChI=1S/C16H20N2O2/c1-12(2)13-5-7-14(8-6-13)18(10-9-17)16(19)15-4-3-11-20-15/h3-8,11-12H,9-10,17H2,1-2H3. The molecule has 0 atom stereocenters. The number of anilines is 1. The van der Waals surface area contributed by atoms with Crippen molar-refractivity contribution in [2.24, 2.45) is 5.73 Å². The van der Waals surface area contributed by atoms with Crippen LogP contribution in [-0.4, -0.2) is 19.0 Å². The molecule has 0 radical (unpaired) electrons. The second kappa shape index (κ2) is 6.39. The predicted octanol–water partition coefficient (Wildman–Crippen LogP) is 3.01. The Labute approximate surface area is 119 Å². The molecule has 1 amide bonds. The van der Waals surface area contributed by atoms with E-state index in [4.69, 9.17) is 10.2 Å². The van der Waals surface area contributed by atoms with Crippen molar-refractivity contribution in [3.63, 3.8) is 0 Å². The van der Waals surface area contributed by atoms with Gasteiger partial charge in [-0.3, -0.25) is 4.79 Å². The predicted molar refractivity (Wildman–Crippen MR) is 80.0 cm³/mol. The number of hydrogen-bond acceptors (Lipinski definition) is 3. The highest BCUT2D eigenvalue weighted by Gasteiger charge is 2.19. The molecule has 0 unspecified atom stereocenters. The molecule has 2 rings (SSSR count). The van der Waals surface area contributed by atoms with Crippen LogP contribution in [0.4, 0.5) is 5.69 Å². The smallest absolute Gasteiger partial charge is 0.293 e. The molecule has 4 nitrogen and oxygen atoms in total. The number of amides is 1. The Morgan fingerprint density at radius 1 is 1.25 bits per heavy atom. The summed E-state index contributed by atoms with van der Waals surface area (Å²) in [6.45, 7) is 5.14. The number of nitrogens with zero attached hydrogens (tertiary/aromatic N) is 1. The van der Waals surface area contributed by atoms with Crippen LogP contribution in [0.5, 0.6) is 0 Å². The van der Waals surface area contributed by atoms with Gasteiger partial charge in [-0.25, -0.2) is 0 Å². The van der Waals surface area contributed by atoms with E-state index < -0.39 is 0 Å². The van der Waals surface area contributed by atoms with Gasteiger partial charge in [0.1, 0.15) is 0 Å². The van der Waals surface area contributed by atoms with Crippen LogP contribution in [0.25, 0.3) is 0 Å². The molecule has 4 heteroatoms. The first-order valence-electron chi connectivity index (χ1n) is 6.79. The average Bonchev–Trinajstić information content (AvgIpc) is 2.98. The number of carbonyl (C=O) groups excluding carboxylic acids is 1. The van der Waals surface area contributed by atoms with Gasteiger partial charge >= 0.3 is 0 Å². The molecule has 1 aromatic carbocycles. The van der Waals surface area contributed by atoms with E-state index in [1.54, 1.807) is 17.0 Å². The zero-order valence-electron chi connectivity index (χ0n) is 11.9. The Morgan fingerprint density at radius 3 is 2.45 bits per heavy atom. The van der Waals surface area contributed by atoms with Crippen molar-refractivity contribution in [1.82, 2.24) is 0 Å². The minimum Gasteiger partial charge on any atom is -0.459 e. The molecule has 2 aromatic rings. The highest BCUT2D eigenvalue weighted by Crippen LogP contribution is 2.21. The monoisotopic (exact) mass is 272 g/mol. The maximum Gasteiger partial charge on any atom is 0.293 e. The van der Waals surface area contributed by atoms with Gasteiger partial charge in [0.2, 0.25) is 0 Å². The zero-order valence-corrected chi connectivity index (χ0v) is 11.9. The fraction of sp³-hybridized carbons (Fsp3) is 0.312. The fourth-order valence-electron chi connectivity index (χ4n) is 2.05. The van der Waals surface area contributed by atoms with E-state index >= 15 is 0 Å². The first-order chi connectivity index (χ1) is 9.63. The molecule has 1 heterocycles. The van der Waals surface area contributed by atoms with Gasteiger partial charge in [0.25, 0.3) is 5.91 Å². The molecule has 0 bridgehead atoms. The maximum atomic E-state index is 12.4. The summed E-state index contributed by atoms with van der Waals surface area (Å²) in [5.41, 5.74) is 7.69. The summed E-state index contributed by atoms with van der Waals surface area (Å²) in [6.07, 6.45) is 1.50. The van der Waals surface area contributed by atoms with Gasteiger partial charge in [-0.1, -0.05) is 26.0 Å². The molecule has 106 valence electrons.